The Balaban J connectivity index is 2.61. The van der Waals surface area contributed by atoms with Gasteiger partial charge in [0, 0.05) is 0 Å². The zero-order valence-corrected chi connectivity index (χ0v) is 9.70. The monoisotopic (exact) mass is 178 g/mol. The van der Waals surface area contributed by atoms with Crippen LogP contribution in [0, 0.1) is 0 Å². The molecule has 0 bridgehead atoms. The Morgan fingerprint density at radius 3 is 2.44 bits per heavy atom. The SMILES string of the molecule is [GaH2][O]Cc1ccccc1. The third kappa shape index (κ3) is 2.26. The molecule has 0 atom stereocenters. The predicted molar refractivity (Wildman–Crippen MR) is 39.8 cm³/mol. The van der Waals surface area contributed by atoms with Crippen molar-refractivity contribution in [3.8, 4) is 0 Å². The van der Waals surface area contributed by atoms with E-state index in [1.54, 1.807) is 0 Å². The number of rotatable bonds is 2. The van der Waals surface area contributed by atoms with Crippen LogP contribution < -0.4 is 0 Å². The van der Waals surface area contributed by atoms with Crippen LogP contribution in [0.1, 0.15) is 5.56 Å². The van der Waals surface area contributed by atoms with Gasteiger partial charge in [-0.05, 0) is 0 Å². The Bertz CT molecular complexity index is 162. The molecule has 0 aliphatic heterocycles. The van der Waals surface area contributed by atoms with Gasteiger partial charge in [0.25, 0.3) is 0 Å². The summed E-state index contributed by atoms with van der Waals surface area (Å²) in [5.74, 6) is 0. The summed E-state index contributed by atoms with van der Waals surface area (Å²) >= 11 is 0.517. The number of hydrogen-bond acceptors (Lipinski definition) is 1. The van der Waals surface area contributed by atoms with Crippen molar-refractivity contribution in [2.75, 3.05) is 0 Å². The molecule has 2 heteroatoms. The van der Waals surface area contributed by atoms with E-state index in [4.69, 9.17) is 3.53 Å². The van der Waals surface area contributed by atoms with Gasteiger partial charge in [-0.15, -0.1) is 0 Å². The average Bonchev–Trinajstić information content (AvgIpc) is 1.91. The first-order chi connectivity index (χ1) is 4.43. The number of benzene rings is 1. The molecule has 0 spiro atoms. The fourth-order valence-electron chi connectivity index (χ4n) is 0.741. The molecule has 0 heterocycles. The van der Waals surface area contributed by atoms with Crippen LogP contribution in [0.15, 0.2) is 30.3 Å². The fourth-order valence-corrected chi connectivity index (χ4v) is 1.44. The Morgan fingerprint density at radius 1 is 1.22 bits per heavy atom. The summed E-state index contributed by atoms with van der Waals surface area (Å²) in [6, 6.07) is 10.2. The van der Waals surface area contributed by atoms with Crippen LogP contribution >= 0.6 is 0 Å². The molecule has 1 aromatic rings. The third-order valence-corrected chi connectivity index (χ3v) is 1.76. The van der Waals surface area contributed by atoms with E-state index in [0.717, 1.165) is 6.61 Å². The van der Waals surface area contributed by atoms with Crippen molar-refractivity contribution in [2.45, 2.75) is 6.61 Å². The second-order valence-electron chi connectivity index (χ2n) is 1.92. The van der Waals surface area contributed by atoms with Crippen molar-refractivity contribution in [2.24, 2.45) is 0 Å². The maximum atomic E-state index is 5.12. The molecule has 0 unspecified atom stereocenters. The molecule has 0 aliphatic rings. The standard InChI is InChI=1S/C7H7O.Ga.2H/c8-6-7-4-2-1-3-5-7;;;/h1-5H,6H2;;;/q-1;+1;;. The quantitative estimate of drug-likeness (QED) is 0.608. The third-order valence-electron chi connectivity index (χ3n) is 1.15. The van der Waals surface area contributed by atoms with Crippen LogP contribution in [0.5, 0.6) is 0 Å². The molecule has 0 amide bonds. The minimum atomic E-state index is 0.517. The molecular formula is C7H9GaO. The minimum absolute atomic E-state index is 0.517. The molecule has 0 saturated carbocycles. The van der Waals surface area contributed by atoms with Gasteiger partial charge in [0.1, 0.15) is 0 Å². The molecule has 1 nitrogen and oxygen atoms in total. The number of hydrogen-bond donors (Lipinski definition) is 0. The Kier molecular flexibility index (Phi) is 2.90. The van der Waals surface area contributed by atoms with E-state index >= 15 is 0 Å². The molecule has 0 aromatic heterocycles. The van der Waals surface area contributed by atoms with Gasteiger partial charge in [-0.3, -0.25) is 0 Å². The van der Waals surface area contributed by atoms with E-state index in [-0.39, 0.29) is 0 Å². The molecule has 0 aliphatic carbocycles. The molecular weight excluding hydrogens is 170 g/mol. The van der Waals surface area contributed by atoms with Crippen LogP contribution in [0.3, 0.4) is 0 Å². The van der Waals surface area contributed by atoms with Crippen molar-refractivity contribution in [3.63, 3.8) is 0 Å². The first-order valence-electron chi connectivity index (χ1n) is 2.96. The first-order valence-corrected chi connectivity index (χ1v) is 4.67. The molecule has 1 aromatic carbocycles. The molecule has 0 saturated heterocycles. The molecule has 0 fully saturated rings. The van der Waals surface area contributed by atoms with Crippen LogP contribution in [0.25, 0.3) is 0 Å². The fraction of sp³-hybridized carbons (Fsp3) is 0.143. The molecule has 0 N–H and O–H groups in total. The van der Waals surface area contributed by atoms with Gasteiger partial charge in [0.2, 0.25) is 0 Å². The van der Waals surface area contributed by atoms with Crippen molar-refractivity contribution < 1.29 is 3.53 Å². The maximum absolute atomic E-state index is 5.12. The Morgan fingerprint density at radius 2 is 1.89 bits per heavy atom. The van der Waals surface area contributed by atoms with Gasteiger partial charge >= 0.3 is 65.0 Å². The van der Waals surface area contributed by atoms with Crippen LogP contribution in [-0.2, 0) is 10.1 Å². The molecule has 1 rings (SSSR count). The molecule has 46 valence electrons. The summed E-state index contributed by atoms with van der Waals surface area (Å²) in [6.45, 7) is 0.792. The van der Waals surface area contributed by atoms with E-state index in [2.05, 4.69) is 12.1 Å². The zero-order chi connectivity index (χ0) is 6.53. The van der Waals surface area contributed by atoms with Crippen molar-refractivity contribution >= 4 is 19.0 Å². The Hall–Kier alpha value is -0.184. The second-order valence-corrected chi connectivity index (χ2v) is 3.13. The summed E-state index contributed by atoms with van der Waals surface area (Å²) in [7, 11) is 0. The summed E-state index contributed by atoms with van der Waals surface area (Å²) in [5, 5.41) is 0. The predicted octanol–water partition coefficient (Wildman–Crippen LogP) is 0.751. The van der Waals surface area contributed by atoms with E-state index < -0.39 is 0 Å². The van der Waals surface area contributed by atoms with Crippen LogP contribution in [0.2, 0.25) is 0 Å². The molecule has 0 radical (unpaired) electrons. The first kappa shape index (κ1) is 6.93. The van der Waals surface area contributed by atoms with Crippen LogP contribution in [0.4, 0.5) is 0 Å². The summed E-state index contributed by atoms with van der Waals surface area (Å²) in [5.41, 5.74) is 1.27. The van der Waals surface area contributed by atoms with Crippen molar-refractivity contribution in [1.82, 2.24) is 0 Å². The summed E-state index contributed by atoms with van der Waals surface area (Å²) < 4.78 is 5.12. The van der Waals surface area contributed by atoms with E-state index in [9.17, 15) is 0 Å². The van der Waals surface area contributed by atoms with E-state index in [1.165, 1.54) is 5.56 Å². The second kappa shape index (κ2) is 3.77. The van der Waals surface area contributed by atoms with Gasteiger partial charge in [-0.2, -0.15) is 0 Å². The zero-order valence-electron chi connectivity index (χ0n) is 5.50. The average molecular weight is 179 g/mol. The topological polar surface area (TPSA) is 9.23 Å². The van der Waals surface area contributed by atoms with Crippen LogP contribution in [-0.4, -0.2) is 19.0 Å². The summed E-state index contributed by atoms with van der Waals surface area (Å²) in [4.78, 5) is 0. The van der Waals surface area contributed by atoms with Gasteiger partial charge in [0.15, 0.2) is 0 Å². The van der Waals surface area contributed by atoms with E-state index in [0.29, 0.717) is 19.0 Å². The van der Waals surface area contributed by atoms with Crippen molar-refractivity contribution in [1.29, 1.82) is 0 Å². The normalized spacial score (nSPS) is 9.33. The van der Waals surface area contributed by atoms with Crippen molar-refractivity contribution in [3.05, 3.63) is 35.9 Å². The molecule has 9 heavy (non-hydrogen) atoms. The summed E-state index contributed by atoms with van der Waals surface area (Å²) in [6.07, 6.45) is 0. The Labute approximate surface area is 65.4 Å². The van der Waals surface area contributed by atoms with Gasteiger partial charge in [-0.1, -0.05) is 0 Å². The van der Waals surface area contributed by atoms with Gasteiger partial charge in [-0.25, -0.2) is 0 Å². The van der Waals surface area contributed by atoms with Gasteiger partial charge < -0.3 is 0 Å². The van der Waals surface area contributed by atoms with E-state index in [1.807, 2.05) is 18.2 Å². The van der Waals surface area contributed by atoms with Gasteiger partial charge in [0.05, 0.1) is 0 Å².